The van der Waals surface area contributed by atoms with Crippen molar-refractivity contribution >= 4 is 11.8 Å². The highest BCUT2D eigenvalue weighted by molar-refractivity contribution is 6.03. The number of Topliss-reactive ketones (excluding diaryl/α,β-unsaturated/α-hetero) is 1. The van der Waals surface area contributed by atoms with Gasteiger partial charge in [0.25, 0.3) is 0 Å². The Kier molecular flexibility index (Phi) is 3.63. The van der Waals surface area contributed by atoms with Crippen molar-refractivity contribution in [1.29, 1.82) is 0 Å². The number of carbonyl (C=O) groups is 2. The minimum atomic E-state index is -0.640. The average Bonchev–Trinajstić information content (AvgIpc) is 3.07. The molecule has 1 aromatic rings. The summed E-state index contributed by atoms with van der Waals surface area (Å²) >= 11 is 0. The quantitative estimate of drug-likeness (QED) is 0.819. The third-order valence-electron chi connectivity index (χ3n) is 4.62. The van der Waals surface area contributed by atoms with E-state index in [1.165, 1.54) is 7.11 Å². The molecule has 2 heterocycles. The van der Waals surface area contributed by atoms with Crippen molar-refractivity contribution < 1.29 is 28.5 Å². The van der Waals surface area contributed by atoms with Gasteiger partial charge in [-0.15, -0.1) is 0 Å². The zero-order chi connectivity index (χ0) is 17.6. The molecule has 0 spiro atoms. The molecule has 0 saturated carbocycles. The van der Waals surface area contributed by atoms with Crippen LogP contribution in [0, 0.1) is 0 Å². The molecule has 7 heteroatoms. The predicted octanol–water partition coefficient (Wildman–Crippen LogP) is 1.88. The van der Waals surface area contributed by atoms with Crippen LogP contribution in [0.4, 0.5) is 0 Å². The molecular formula is C18H17NO6. The second kappa shape index (κ2) is 5.84. The number of ketones is 1. The van der Waals surface area contributed by atoms with Crippen LogP contribution in [0.15, 0.2) is 41.0 Å². The highest BCUT2D eigenvalue weighted by atomic mass is 16.7. The Hall–Kier alpha value is -2.96. The van der Waals surface area contributed by atoms with E-state index in [-0.39, 0.29) is 24.0 Å². The Morgan fingerprint density at radius 2 is 2.04 bits per heavy atom. The number of nitrogens with two attached hydrogens (primary N) is 1. The van der Waals surface area contributed by atoms with Crippen LogP contribution in [0.5, 0.6) is 11.5 Å². The molecule has 0 aromatic heterocycles. The van der Waals surface area contributed by atoms with Gasteiger partial charge in [0.05, 0.1) is 13.0 Å². The van der Waals surface area contributed by atoms with Gasteiger partial charge in [-0.2, -0.15) is 0 Å². The van der Waals surface area contributed by atoms with E-state index >= 15 is 0 Å². The lowest BCUT2D eigenvalue weighted by Gasteiger charge is -2.32. The number of methoxy groups -OCH3 is 1. The van der Waals surface area contributed by atoms with Crippen LogP contribution in [-0.2, 0) is 19.1 Å². The maximum absolute atomic E-state index is 12.6. The number of carbonyl (C=O) groups excluding carboxylic acids is 2. The van der Waals surface area contributed by atoms with Gasteiger partial charge in [0, 0.05) is 18.4 Å². The van der Waals surface area contributed by atoms with Crippen LogP contribution in [0.3, 0.4) is 0 Å². The first-order chi connectivity index (χ1) is 12.1. The molecule has 1 aromatic carbocycles. The SMILES string of the molecule is COC(=O)C1=C(N)OC2=C(C(=O)CCC2)[C@@H]1c1ccc2c(c1)OCO2. The number of fused-ring (bicyclic) bond motifs is 1. The van der Waals surface area contributed by atoms with Crippen molar-refractivity contribution in [1.82, 2.24) is 0 Å². The maximum atomic E-state index is 12.6. The second-order valence-corrected chi connectivity index (χ2v) is 6.03. The minimum absolute atomic E-state index is 0.0250. The lowest BCUT2D eigenvalue weighted by Crippen LogP contribution is -2.31. The predicted molar refractivity (Wildman–Crippen MR) is 85.5 cm³/mol. The Balaban J connectivity index is 1.88. The van der Waals surface area contributed by atoms with E-state index in [0.717, 1.165) is 0 Å². The van der Waals surface area contributed by atoms with Crippen molar-refractivity contribution in [2.24, 2.45) is 5.73 Å². The summed E-state index contributed by atoms with van der Waals surface area (Å²) in [5.41, 5.74) is 7.32. The molecule has 1 aliphatic carbocycles. The number of hydrogen-bond donors (Lipinski definition) is 1. The van der Waals surface area contributed by atoms with Gasteiger partial charge >= 0.3 is 5.97 Å². The molecule has 4 rings (SSSR count). The maximum Gasteiger partial charge on any atom is 0.340 e. The summed E-state index contributed by atoms with van der Waals surface area (Å²) in [6, 6.07) is 5.32. The summed E-state index contributed by atoms with van der Waals surface area (Å²) in [6.07, 6.45) is 1.72. The van der Waals surface area contributed by atoms with Crippen molar-refractivity contribution in [3.63, 3.8) is 0 Å². The molecule has 0 bridgehead atoms. The summed E-state index contributed by atoms with van der Waals surface area (Å²) < 4.78 is 21.2. The molecule has 0 amide bonds. The monoisotopic (exact) mass is 343 g/mol. The first-order valence-corrected chi connectivity index (χ1v) is 8.01. The molecule has 0 saturated heterocycles. The fourth-order valence-electron chi connectivity index (χ4n) is 3.49. The third-order valence-corrected chi connectivity index (χ3v) is 4.62. The van der Waals surface area contributed by atoms with Crippen molar-refractivity contribution in [3.05, 3.63) is 46.6 Å². The number of allylic oxidation sites excluding steroid dienone is 2. The Morgan fingerprint density at radius 3 is 2.84 bits per heavy atom. The number of benzene rings is 1. The van der Waals surface area contributed by atoms with Gasteiger partial charge in [-0.05, 0) is 24.1 Å². The molecule has 7 nitrogen and oxygen atoms in total. The van der Waals surface area contributed by atoms with Crippen LogP contribution >= 0.6 is 0 Å². The fourth-order valence-corrected chi connectivity index (χ4v) is 3.49. The van der Waals surface area contributed by atoms with Crippen LogP contribution in [0.1, 0.15) is 30.7 Å². The number of rotatable bonds is 2. The lowest BCUT2D eigenvalue weighted by atomic mass is 9.77. The number of esters is 1. The van der Waals surface area contributed by atoms with Gasteiger partial charge in [0.15, 0.2) is 17.3 Å². The van der Waals surface area contributed by atoms with Gasteiger partial charge in [0.2, 0.25) is 12.7 Å². The van der Waals surface area contributed by atoms with E-state index in [1.807, 2.05) is 0 Å². The third kappa shape index (κ3) is 2.43. The Bertz CT molecular complexity index is 838. The van der Waals surface area contributed by atoms with E-state index in [9.17, 15) is 9.59 Å². The number of hydrogen-bond acceptors (Lipinski definition) is 7. The van der Waals surface area contributed by atoms with Crippen molar-refractivity contribution in [2.75, 3.05) is 13.9 Å². The molecule has 3 aliphatic rings. The highest BCUT2D eigenvalue weighted by Crippen LogP contribution is 2.46. The molecule has 0 radical (unpaired) electrons. The van der Waals surface area contributed by atoms with Gasteiger partial charge < -0.3 is 24.7 Å². The summed E-state index contributed by atoms with van der Waals surface area (Å²) in [4.78, 5) is 24.9. The van der Waals surface area contributed by atoms with E-state index in [2.05, 4.69) is 0 Å². The largest absolute Gasteiger partial charge is 0.465 e. The van der Waals surface area contributed by atoms with Crippen LogP contribution in [0.2, 0.25) is 0 Å². The molecule has 25 heavy (non-hydrogen) atoms. The van der Waals surface area contributed by atoms with E-state index in [0.29, 0.717) is 47.7 Å². The lowest BCUT2D eigenvalue weighted by molar-refractivity contribution is -0.136. The van der Waals surface area contributed by atoms with Gasteiger partial charge in [-0.25, -0.2) is 4.79 Å². The zero-order valence-electron chi connectivity index (χ0n) is 13.7. The van der Waals surface area contributed by atoms with Crippen LogP contribution < -0.4 is 15.2 Å². The smallest absolute Gasteiger partial charge is 0.340 e. The minimum Gasteiger partial charge on any atom is -0.465 e. The first-order valence-electron chi connectivity index (χ1n) is 8.01. The van der Waals surface area contributed by atoms with Crippen LogP contribution in [-0.4, -0.2) is 25.7 Å². The topological polar surface area (TPSA) is 97.1 Å². The summed E-state index contributed by atoms with van der Waals surface area (Å²) in [5, 5.41) is 0. The Labute approximate surface area is 144 Å². The molecule has 130 valence electrons. The fraction of sp³-hybridized carbons (Fsp3) is 0.333. The highest BCUT2D eigenvalue weighted by Gasteiger charge is 2.41. The second-order valence-electron chi connectivity index (χ2n) is 6.03. The summed E-state index contributed by atoms with van der Waals surface area (Å²) in [5.74, 6) is 0.391. The standard InChI is InChI=1S/C18H17NO6/c1-22-18(21)16-14(9-5-6-11-13(7-9)24-8-23-11)15-10(20)3-2-4-12(15)25-17(16)19/h5-7,14H,2-4,8,19H2,1H3/t14-/m0/s1. The summed E-state index contributed by atoms with van der Waals surface area (Å²) in [6.45, 7) is 0.140. The van der Waals surface area contributed by atoms with Crippen molar-refractivity contribution in [3.8, 4) is 11.5 Å². The van der Waals surface area contributed by atoms with Gasteiger partial charge in [-0.1, -0.05) is 6.07 Å². The molecule has 0 unspecified atom stereocenters. The summed E-state index contributed by atoms with van der Waals surface area (Å²) in [7, 11) is 1.27. The zero-order valence-corrected chi connectivity index (χ0v) is 13.7. The molecule has 0 fully saturated rings. The first kappa shape index (κ1) is 15.6. The molecule has 2 N–H and O–H groups in total. The molecule has 2 aliphatic heterocycles. The number of ether oxygens (including phenoxy) is 4. The van der Waals surface area contributed by atoms with E-state index in [4.69, 9.17) is 24.7 Å². The van der Waals surface area contributed by atoms with E-state index < -0.39 is 11.9 Å². The van der Waals surface area contributed by atoms with Gasteiger partial charge in [0.1, 0.15) is 11.3 Å². The molecule has 1 atom stereocenters. The van der Waals surface area contributed by atoms with E-state index in [1.54, 1.807) is 18.2 Å². The van der Waals surface area contributed by atoms with Crippen molar-refractivity contribution in [2.45, 2.75) is 25.2 Å². The van der Waals surface area contributed by atoms with Gasteiger partial charge in [-0.3, -0.25) is 4.79 Å². The average molecular weight is 343 g/mol. The van der Waals surface area contributed by atoms with Crippen LogP contribution in [0.25, 0.3) is 0 Å². The molecular weight excluding hydrogens is 326 g/mol. The Morgan fingerprint density at radius 1 is 1.24 bits per heavy atom. The normalized spacial score (nSPS) is 21.8.